The van der Waals surface area contributed by atoms with Crippen molar-refractivity contribution in [2.45, 2.75) is 17.7 Å². The highest BCUT2D eigenvalue weighted by molar-refractivity contribution is 7.90. The van der Waals surface area contributed by atoms with Gasteiger partial charge in [0.2, 0.25) is 5.91 Å². The molecule has 0 spiro atoms. The molecule has 1 aliphatic rings. The van der Waals surface area contributed by atoms with Crippen molar-refractivity contribution in [2.24, 2.45) is 5.92 Å². The van der Waals surface area contributed by atoms with E-state index in [0.29, 0.717) is 48.3 Å². The molecular formula is C21H21FN4O3S. The number of hydrogen-bond acceptors (Lipinski definition) is 6. The van der Waals surface area contributed by atoms with Crippen LogP contribution >= 0.6 is 0 Å². The molecule has 1 aliphatic heterocycles. The maximum absolute atomic E-state index is 13.0. The first-order valence-corrected chi connectivity index (χ1v) is 11.5. The minimum Gasteiger partial charge on any atom is -0.356 e. The summed E-state index contributed by atoms with van der Waals surface area (Å²) in [6.45, 7) is 1.22. The van der Waals surface area contributed by atoms with Gasteiger partial charge < -0.3 is 10.2 Å². The number of aromatic nitrogens is 2. The smallest absolute Gasteiger partial charge is 0.227 e. The molecule has 7 nitrogen and oxygen atoms in total. The van der Waals surface area contributed by atoms with Crippen LogP contribution < -0.4 is 10.2 Å². The second kappa shape index (κ2) is 7.98. The maximum Gasteiger partial charge on any atom is 0.227 e. The Labute approximate surface area is 173 Å². The van der Waals surface area contributed by atoms with Crippen molar-refractivity contribution < 1.29 is 17.6 Å². The van der Waals surface area contributed by atoms with Crippen LogP contribution in [-0.2, 0) is 14.6 Å². The molecule has 3 aromatic rings. The van der Waals surface area contributed by atoms with Crippen LogP contribution in [0.1, 0.15) is 12.8 Å². The molecule has 1 aromatic heterocycles. The molecule has 1 saturated heterocycles. The van der Waals surface area contributed by atoms with Crippen molar-refractivity contribution in [3.8, 4) is 0 Å². The molecule has 1 N–H and O–H groups in total. The van der Waals surface area contributed by atoms with Crippen LogP contribution in [0.5, 0.6) is 0 Å². The fourth-order valence-corrected chi connectivity index (χ4v) is 4.28. The Balaban J connectivity index is 1.49. The summed E-state index contributed by atoms with van der Waals surface area (Å²) in [7, 11) is -3.34. The van der Waals surface area contributed by atoms with Gasteiger partial charge in [0.05, 0.1) is 10.4 Å². The van der Waals surface area contributed by atoms with Crippen LogP contribution in [0, 0.1) is 11.7 Å². The van der Waals surface area contributed by atoms with Crippen LogP contribution in [0.4, 0.5) is 15.9 Å². The third-order valence-corrected chi connectivity index (χ3v) is 6.40. The summed E-state index contributed by atoms with van der Waals surface area (Å²) < 4.78 is 36.9. The van der Waals surface area contributed by atoms with Gasteiger partial charge in [0, 0.05) is 36.3 Å². The SMILES string of the molecule is CS(=O)(=O)c1ccc2ncnc(N3CCC(C(=O)Nc4ccc(F)cc4)CC3)c2c1. The zero-order valence-corrected chi connectivity index (χ0v) is 17.2. The molecule has 9 heteroatoms. The van der Waals surface area contributed by atoms with E-state index in [-0.39, 0.29) is 22.5 Å². The van der Waals surface area contributed by atoms with Crippen molar-refractivity contribution in [2.75, 3.05) is 29.6 Å². The van der Waals surface area contributed by atoms with E-state index in [9.17, 15) is 17.6 Å². The van der Waals surface area contributed by atoms with Crippen LogP contribution in [0.25, 0.3) is 10.9 Å². The van der Waals surface area contributed by atoms with Gasteiger partial charge in [0.15, 0.2) is 9.84 Å². The monoisotopic (exact) mass is 428 g/mol. The number of halogens is 1. The molecule has 0 radical (unpaired) electrons. The van der Waals surface area contributed by atoms with Gasteiger partial charge in [0.25, 0.3) is 0 Å². The van der Waals surface area contributed by atoms with E-state index in [4.69, 9.17) is 0 Å². The van der Waals surface area contributed by atoms with Crippen LogP contribution in [0.2, 0.25) is 0 Å². The third-order valence-electron chi connectivity index (χ3n) is 5.29. The standard InChI is InChI=1S/C21H21FN4O3S/c1-30(28,29)17-6-7-19-18(12-17)20(24-13-23-19)26-10-8-14(9-11-26)21(27)25-16-4-2-15(22)3-5-16/h2-7,12-14H,8-11H2,1H3,(H,25,27). The van der Waals surface area contributed by atoms with Gasteiger partial charge in [-0.25, -0.2) is 22.8 Å². The minimum atomic E-state index is -3.34. The van der Waals surface area contributed by atoms with Crippen molar-refractivity contribution in [3.05, 3.63) is 54.6 Å². The summed E-state index contributed by atoms with van der Waals surface area (Å²) >= 11 is 0. The molecule has 2 heterocycles. The summed E-state index contributed by atoms with van der Waals surface area (Å²) in [5.74, 6) is 0.0689. The van der Waals surface area contributed by atoms with E-state index in [0.717, 1.165) is 0 Å². The van der Waals surface area contributed by atoms with Gasteiger partial charge in [-0.15, -0.1) is 0 Å². The topological polar surface area (TPSA) is 92.3 Å². The molecule has 2 aromatic carbocycles. The number of sulfone groups is 1. The molecule has 0 aliphatic carbocycles. The Bertz CT molecular complexity index is 1190. The third kappa shape index (κ3) is 4.25. The van der Waals surface area contributed by atoms with Crippen LogP contribution in [0.3, 0.4) is 0 Å². The molecular weight excluding hydrogens is 407 g/mol. The van der Waals surface area contributed by atoms with Crippen molar-refractivity contribution in [1.82, 2.24) is 9.97 Å². The van der Waals surface area contributed by atoms with Gasteiger partial charge >= 0.3 is 0 Å². The number of carbonyl (C=O) groups excluding carboxylic acids is 1. The predicted molar refractivity (Wildman–Crippen MR) is 113 cm³/mol. The van der Waals surface area contributed by atoms with Gasteiger partial charge in [-0.3, -0.25) is 4.79 Å². The Morgan fingerprint density at radius 1 is 1.10 bits per heavy atom. The first kappa shape index (κ1) is 20.2. The molecule has 156 valence electrons. The fraction of sp³-hybridized carbons (Fsp3) is 0.286. The molecule has 0 saturated carbocycles. The lowest BCUT2D eigenvalue weighted by Gasteiger charge is -2.32. The lowest BCUT2D eigenvalue weighted by molar-refractivity contribution is -0.120. The number of anilines is 2. The van der Waals surface area contributed by atoms with Gasteiger partial charge in [0.1, 0.15) is 18.0 Å². The Morgan fingerprint density at radius 3 is 2.47 bits per heavy atom. The lowest BCUT2D eigenvalue weighted by Crippen LogP contribution is -2.38. The second-order valence-corrected chi connectivity index (χ2v) is 9.42. The summed E-state index contributed by atoms with van der Waals surface area (Å²) in [5, 5.41) is 3.51. The average molecular weight is 428 g/mol. The highest BCUT2D eigenvalue weighted by atomic mass is 32.2. The normalized spacial score (nSPS) is 15.3. The number of fused-ring (bicyclic) bond motifs is 1. The predicted octanol–water partition coefficient (Wildman–Crippen LogP) is 3.03. The number of amides is 1. The first-order chi connectivity index (χ1) is 14.3. The number of benzene rings is 2. The van der Waals surface area contributed by atoms with Crippen LogP contribution in [0.15, 0.2) is 53.7 Å². The first-order valence-electron chi connectivity index (χ1n) is 9.57. The quantitative estimate of drug-likeness (QED) is 0.687. The second-order valence-electron chi connectivity index (χ2n) is 7.41. The van der Waals surface area contributed by atoms with Crippen molar-refractivity contribution >= 4 is 38.2 Å². The molecule has 0 atom stereocenters. The Morgan fingerprint density at radius 2 is 1.80 bits per heavy atom. The molecule has 0 bridgehead atoms. The zero-order chi connectivity index (χ0) is 21.3. The summed E-state index contributed by atoms with van der Waals surface area (Å²) in [6.07, 6.45) is 3.89. The van der Waals surface area contributed by atoms with Crippen molar-refractivity contribution in [1.29, 1.82) is 0 Å². The molecule has 30 heavy (non-hydrogen) atoms. The van der Waals surface area contributed by atoms with E-state index in [1.165, 1.54) is 36.8 Å². The van der Waals surface area contributed by atoms with E-state index >= 15 is 0 Å². The molecule has 0 unspecified atom stereocenters. The molecule has 4 rings (SSSR count). The van der Waals surface area contributed by atoms with E-state index in [1.54, 1.807) is 18.2 Å². The van der Waals surface area contributed by atoms with Crippen molar-refractivity contribution in [3.63, 3.8) is 0 Å². The number of carbonyl (C=O) groups is 1. The zero-order valence-electron chi connectivity index (χ0n) is 16.4. The minimum absolute atomic E-state index is 0.0897. The largest absolute Gasteiger partial charge is 0.356 e. The molecule has 1 amide bonds. The van der Waals surface area contributed by atoms with E-state index < -0.39 is 9.84 Å². The highest BCUT2D eigenvalue weighted by Crippen LogP contribution is 2.29. The fourth-order valence-electron chi connectivity index (χ4n) is 3.64. The number of hydrogen-bond donors (Lipinski definition) is 1. The lowest BCUT2D eigenvalue weighted by atomic mass is 9.95. The van der Waals surface area contributed by atoms with Gasteiger partial charge in [-0.1, -0.05) is 0 Å². The average Bonchev–Trinajstić information content (AvgIpc) is 2.74. The van der Waals surface area contributed by atoms with E-state index in [1.807, 2.05) is 0 Å². The Kier molecular flexibility index (Phi) is 5.38. The van der Waals surface area contributed by atoms with Gasteiger partial charge in [-0.2, -0.15) is 0 Å². The summed E-state index contributed by atoms with van der Waals surface area (Å²) in [6, 6.07) is 10.5. The summed E-state index contributed by atoms with van der Waals surface area (Å²) in [5.41, 5.74) is 1.24. The number of piperidine rings is 1. The van der Waals surface area contributed by atoms with E-state index in [2.05, 4.69) is 20.2 Å². The Hall–Kier alpha value is -3.07. The molecule has 1 fully saturated rings. The number of rotatable bonds is 4. The summed E-state index contributed by atoms with van der Waals surface area (Å²) in [4.78, 5) is 23.4. The van der Waals surface area contributed by atoms with Gasteiger partial charge in [-0.05, 0) is 55.3 Å². The number of nitrogens with one attached hydrogen (secondary N) is 1. The van der Waals surface area contributed by atoms with Crippen LogP contribution in [-0.4, -0.2) is 43.6 Å². The highest BCUT2D eigenvalue weighted by Gasteiger charge is 2.27. The maximum atomic E-state index is 13.0. The number of nitrogens with zero attached hydrogens (tertiary/aromatic N) is 3.